The maximum Gasteiger partial charge on any atom is 0.335 e. The molecule has 0 spiro atoms. The molecule has 11 heteroatoms. The Hall–Kier alpha value is -3.34. The van der Waals surface area contributed by atoms with E-state index in [1.807, 2.05) is 0 Å². The van der Waals surface area contributed by atoms with Crippen LogP contribution in [-0.4, -0.2) is 39.6 Å². The van der Waals surface area contributed by atoms with Gasteiger partial charge >= 0.3 is 5.97 Å². The van der Waals surface area contributed by atoms with Crippen molar-refractivity contribution < 1.29 is 28.7 Å². The first-order valence-electron chi connectivity index (χ1n) is 9.65. The third-order valence-electron chi connectivity index (χ3n) is 4.67. The number of nitrogens with zero attached hydrogens (tertiary/aromatic N) is 1. The standard InChI is InChI=1S/C23H14BrClN2O6S/c24-16-6-4-14(9-17(16)25)26-20(28)11-27-21(29)19(34-23(27)32)10-15-5-7-18(33-15)12-2-1-3-13(8-12)22(30)31/h1-10H,11H2,(H,26,28)(H,30,31)/b19-10+. The molecule has 2 heterocycles. The van der Waals surface area contributed by atoms with Gasteiger partial charge in [-0.3, -0.25) is 19.3 Å². The molecule has 0 bridgehead atoms. The number of thioether (sulfide) groups is 1. The monoisotopic (exact) mass is 560 g/mol. The molecule has 0 unspecified atom stereocenters. The predicted octanol–water partition coefficient (Wildman–Crippen LogP) is 5.74. The molecule has 2 N–H and O–H groups in total. The van der Waals surface area contributed by atoms with Gasteiger partial charge in [-0.2, -0.15) is 0 Å². The number of hydrogen-bond acceptors (Lipinski definition) is 6. The molecule has 0 aliphatic carbocycles. The van der Waals surface area contributed by atoms with E-state index in [1.54, 1.807) is 36.4 Å². The highest BCUT2D eigenvalue weighted by Gasteiger charge is 2.36. The molecule has 172 valence electrons. The zero-order chi connectivity index (χ0) is 24.4. The van der Waals surface area contributed by atoms with E-state index in [-0.39, 0.29) is 10.5 Å². The highest BCUT2D eigenvalue weighted by atomic mass is 79.9. The lowest BCUT2D eigenvalue weighted by Gasteiger charge is -2.12. The highest BCUT2D eigenvalue weighted by molar-refractivity contribution is 9.10. The summed E-state index contributed by atoms with van der Waals surface area (Å²) in [5.74, 6) is -1.53. The predicted molar refractivity (Wildman–Crippen MR) is 132 cm³/mol. The normalized spacial score (nSPS) is 14.6. The van der Waals surface area contributed by atoms with Crippen LogP contribution >= 0.6 is 39.3 Å². The summed E-state index contributed by atoms with van der Waals surface area (Å²) < 4.78 is 6.37. The fourth-order valence-corrected chi connectivity index (χ4v) is 4.32. The summed E-state index contributed by atoms with van der Waals surface area (Å²) in [6, 6.07) is 14.3. The number of aromatic carboxylic acids is 1. The lowest BCUT2D eigenvalue weighted by atomic mass is 10.1. The molecule has 1 aliphatic rings. The molecular weight excluding hydrogens is 548 g/mol. The molecule has 0 radical (unpaired) electrons. The second kappa shape index (κ2) is 9.88. The van der Waals surface area contributed by atoms with Gasteiger partial charge in [0.05, 0.1) is 15.5 Å². The van der Waals surface area contributed by atoms with Gasteiger partial charge in [0, 0.05) is 21.8 Å². The van der Waals surface area contributed by atoms with E-state index in [0.717, 1.165) is 4.90 Å². The number of carboxylic acid groups (broad SMARTS) is 1. The lowest BCUT2D eigenvalue weighted by Crippen LogP contribution is -2.36. The number of anilines is 1. The Bertz CT molecular complexity index is 1370. The van der Waals surface area contributed by atoms with E-state index < -0.39 is 29.6 Å². The van der Waals surface area contributed by atoms with Gasteiger partial charge in [-0.05, 0) is 70.2 Å². The second-order valence-corrected chi connectivity index (χ2v) is 9.29. The molecule has 0 atom stereocenters. The Morgan fingerprint density at radius 1 is 1.15 bits per heavy atom. The Kier molecular flexibility index (Phi) is 6.92. The highest BCUT2D eigenvalue weighted by Crippen LogP contribution is 2.33. The van der Waals surface area contributed by atoms with Gasteiger partial charge < -0.3 is 14.8 Å². The van der Waals surface area contributed by atoms with Crippen LogP contribution in [0, 0.1) is 0 Å². The van der Waals surface area contributed by atoms with Crippen molar-refractivity contribution in [1.82, 2.24) is 4.90 Å². The number of carboxylic acids is 1. The molecule has 2 aromatic carbocycles. The number of amides is 3. The van der Waals surface area contributed by atoms with Crippen LogP contribution in [0.15, 0.2) is 68.4 Å². The van der Waals surface area contributed by atoms with E-state index in [2.05, 4.69) is 21.2 Å². The number of benzene rings is 2. The molecule has 0 saturated carbocycles. The number of imide groups is 1. The minimum absolute atomic E-state index is 0.102. The first-order chi connectivity index (χ1) is 16.2. The number of hydrogen-bond donors (Lipinski definition) is 2. The number of halogens is 2. The average molecular weight is 562 g/mol. The van der Waals surface area contributed by atoms with Gasteiger partial charge in [0.2, 0.25) is 5.91 Å². The van der Waals surface area contributed by atoms with Gasteiger partial charge in [0.1, 0.15) is 18.1 Å². The molecule has 1 saturated heterocycles. The van der Waals surface area contributed by atoms with Crippen LogP contribution in [-0.2, 0) is 9.59 Å². The summed E-state index contributed by atoms with van der Waals surface area (Å²) in [5.41, 5.74) is 1.09. The van der Waals surface area contributed by atoms with E-state index >= 15 is 0 Å². The lowest BCUT2D eigenvalue weighted by molar-refractivity contribution is -0.127. The number of rotatable bonds is 6. The summed E-state index contributed by atoms with van der Waals surface area (Å²) in [7, 11) is 0. The van der Waals surface area contributed by atoms with Crippen molar-refractivity contribution in [3.8, 4) is 11.3 Å². The molecule has 8 nitrogen and oxygen atoms in total. The summed E-state index contributed by atoms with van der Waals surface area (Å²) >= 11 is 9.96. The van der Waals surface area contributed by atoms with Crippen molar-refractivity contribution in [2.75, 3.05) is 11.9 Å². The quantitative estimate of drug-likeness (QED) is 0.369. The zero-order valence-electron chi connectivity index (χ0n) is 17.1. The second-order valence-electron chi connectivity index (χ2n) is 7.03. The Balaban J connectivity index is 1.46. The number of nitrogens with one attached hydrogen (secondary N) is 1. The van der Waals surface area contributed by atoms with E-state index in [0.29, 0.717) is 44.0 Å². The van der Waals surface area contributed by atoms with Crippen LogP contribution in [0.25, 0.3) is 17.4 Å². The zero-order valence-corrected chi connectivity index (χ0v) is 20.2. The smallest absolute Gasteiger partial charge is 0.335 e. The van der Waals surface area contributed by atoms with Gasteiger partial charge in [-0.25, -0.2) is 4.79 Å². The fourth-order valence-electron chi connectivity index (χ4n) is 3.07. The molecule has 1 aliphatic heterocycles. The molecular formula is C23H14BrClN2O6S. The van der Waals surface area contributed by atoms with Crippen LogP contribution < -0.4 is 5.32 Å². The number of furan rings is 1. The van der Waals surface area contributed by atoms with Crippen molar-refractivity contribution in [2.45, 2.75) is 0 Å². The van der Waals surface area contributed by atoms with E-state index in [9.17, 15) is 19.2 Å². The first-order valence-corrected chi connectivity index (χ1v) is 11.6. The fraction of sp³-hybridized carbons (Fsp3) is 0.0435. The molecule has 1 fully saturated rings. The summed E-state index contributed by atoms with van der Waals surface area (Å²) in [6.07, 6.45) is 1.40. The summed E-state index contributed by atoms with van der Waals surface area (Å²) in [4.78, 5) is 49.5. The van der Waals surface area contributed by atoms with Crippen LogP contribution in [0.2, 0.25) is 5.02 Å². The van der Waals surface area contributed by atoms with Crippen LogP contribution in [0.1, 0.15) is 16.1 Å². The van der Waals surface area contributed by atoms with Crippen molar-refractivity contribution in [2.24, 2.45) is 0 Å². The molecule has 3 amide bonds. The van der Waals surface area contributed by atoms with Crippen molar-refractivity contribution in [3.63, 3.8) is 0 Å². The first kappa shape index (κ1) is 23.8. The largest absolute Gasteiger partial charge is 0.478 e. The van der Waals surface area contributed by atoms with Crippen LogP contribution in [0.3, 0.4) is 0 Å². The van der Waals surface area contributed by atoms with Crippen LogP contribution in [0.5, 0.6) is 0 Å². The average Bonchev–Trinajstić information content (AvgIpc) is 3.37. The minimum atomic E-state index is -1.06. The summed E-state index contributed by atoms with van der Waals surface area (Å²) in [5, 5.41) is 11.6. The van der Waals surface area contributed by atoms with Crippen molar-refractivity contribution in [1.29, 1.82) is 0 Å². The van der Waals surface area contributed by atoms with E-state index in [1.165, 1.54) is 24.3 Å². The Morgan fingerprint density at radius 3 is 2.68 bits per heavy atom. The van der Waals surface area contributed by atoms with Crippen LogP contribution in [0.4, 0.5) is 10.5 Å². The number of carbonyl (C=O) groups excluding carboxylic acids is 3. The third-order valence-corrected chi connectivity index (χ3v) is 6.81. The van der Waals surface area contributed by atoms with Crippen molar-refractivity contribution >= 4 is 74.1 Å². The van der Waals surface area contributed by atoms with Gasteiger partial charge in [-0.1, -0.05) is 23.7 Å². The Labute approximate surface area is 210 Å². The van der Waals surface area contributed by atoms with Gasteiger partial charge in [-0.15, -0.1) is 0 Å². The molecule has 34 heavy (non-hydrogen) atoms. The molecule has 1 aromatic heterocycles. The maximum atomic E-state index is 12.7. The third kappa shape index (κ3) is 5.24. The van der Waals surface area contributed by atoms with Gasteiger partial charge in [0.25, 0.3) is 11.1 Å². The van der Waals surface area contributed by atoms with Crippen molar-refractivity contribution in [3.05, 3.63) is 80.3 Å². The molecule has 3 aromatic rings. The van der Waals surface area contributed by atoms with E-state index in [4.69, 9.17) is 21.1 Å². The van der Waals surface area contributed by atoms with Gasteiger partial charge in [0.15, 0.2) is 0 Å². The molecule has 4 rings (SSSR count). The summed E-state index contributed by atoms with van der Waals surface area (Å²) in [6.45, 7) is -0.457. The topological polar surface area (TPSA) is 117 Å². The minimum Gasteiger partial charge on any atom is -0.478 e. The SMILES string of the molecule is O=C(CN1C(=O)S/C(=C/c2ccc(-c3cccc(C(=O)O)c3)o2)C1=O)Nc1ccc(Br)c(Cl)c1. The Morgan fingerprint density at radius 2 is 1.94 bits per heavy atom. The number of carbonyl (C=O) groups is 4. The maximum absolute atomic E-state index is 12.7.